The molecule has 0 fully saturated rings. The molecule has 9 heteroatoms. The topological polar surface area (TPSA) is 95.9 Å². The molecule has 2 aromatic carbocycles. The number of hydrogen-bond acceptors (Lipinski definition) is 5. The molecule has 0 aromatic heterocycles. The molecule has 150 valence electrons. The van der Waals surface area contributed by atoms with Crippen LogP contribution in [-0.2, 0) is 20.0 Å². The molecule has 2 aromatic rings. The average Bonchev–Trinajstić information content (AvgIpc) is 3.15. The van der Waals surface area contributed by atoms with Crippen molar-refractivity contribution in [1.82, 2.24) is 4.41 Å². The minimum atomic E-state index is -3.52. The van der Waals surface area contributed by atoms with Gasteiger partial charge in [0.2, 0.25) is 20.0 Å². The Morgan fingerprint density at radius 1 is 0.964 bits per heavy atom. The highest BCUT2D eigenvalue weighted by Gasteiger charge is 2.35. The predicted molar refractivity (Wildman–Crippen MR) is 111 cm³/mol. The zero-order chi connectivity index (χ0) is 20.4. The van der Waals surface area contributed by atoms with Crippen molar-refractivity contribution in [3.05, 3.63) is 65.7 Å². The van der Waals surface area contributed by atoms with E-state index in [1.165, 1.54) is 4.41 Å². The van der Waals surface area contributed by atoms with Gasteiger partial charge >= 0.3 is 0 Å². The Morgan fingerprint density at radius 2 is 1.61 bits per heavy atom. The molecule has 1 atom stereocenters. The van der Waals surface area contributed by atoms with E-state index >= 15 is 0 Å². The number of anilines is 1. The molecule has 0 radical (unpaired) electrons. The Bertz CT molecular complexity index is 1060. The molecule has 0 unspecified atom stereocenters. The number of hydrogen-bond donors (Lipinski definition) is 1. The van der Waals surface area contributed by atoms with Gasteiger partial charge in [-0.1, -0.05) is 42.5 Å². The van der Waals surface area contributed by atoms with E-state index in [9.17, 15) is 16.8 Å². The van der Waals surface area contributed by atoms with Crippen LogP contribution in [0.4, 0.5) is 5.69 Å². The maximum atomic E-state index is 12.5. The number of hydrazone groups is 1. The van der Waals surface area contributed by atoms with Crippen LogP contribution in [-0.4, -0.2) is 38.5 Å². The second-order valence-corrected chi connectivity index (χ2v) is 10.6. The molecule has 28 heavy (non-hydrogen) atoms. The molecular formula is C19H23N3O4S2. The fourth-order valence-corrected chi connectivity index (χ4v) is 4.67. The van der Waals surface area contributed by atoms with E-state index in [4.69, 9.17) is 0 Å². The number of rotatable bonds is 7. The van der Waals surface area contributed by atoms with Crippen molar-refractivity contribution < 1.29 is 16.8 Å². The summed E-state index contributed by atoms with van der Waals surface area (Å²) in [6.07, 6.45) is 0.448. The molecule has 0 aliphatic carbocycles. The summed E-state index contributed by atoms with van der Waals surface area (Å²) in [6, 6.07) is 15.8. The van der Waals surface area contributed by atoms with Crippen LogP contribution in [0.2, 0.25) is 0 Å². The normalized spacial score (nSPS) is 17.4. The van der Waals surface area contributed by atoms with Crippen LogP contribution < -0.4 is 4.72 Å². The first-order valence-corrected chi connectivity index (χ1v) is 12.3. The second-order valence-electron chi connectivity index (χ2n) is 6.43. The van der Waals surface area contributed by atoms with Crippen molar-refractivity contribution >= 4 is 31.4 Å². The molecule has 1 aliphatic rings. The third kappa shape index (κ3) is 4.36. The van der Waals surface area contributed by atoms with Gasteiger partial charge in [-0.3, -0.25) is 4.72 Å². The maximum Gasteiger partial charge on any atom is 0.250 e. The smallest absolute Gasteiger partial charge is 0.250 e. The lowest BCUT2D eigenvalue weighted by atomic mass is 9.99. The second kappa shape index (κ2) is 7.92. The third-order valence-corrected chi connectivity index (χ3v) is 7.52. The highest BCUT2D eigenvalue weighted by atomic mass is 32.2. The van der Waals surface area contributed by atoms with Crippen LogP contribution in [0.15, 0.2) is 59.7 Å². The number of nitrogens with zero attached hydrogens (tertiary/aromatic N) is 2. The van der Waals surface area contributed by atoms with E-state index < -0.39 is 20.0 Å². The molecule has 0 amide bonds. The van der Waals surface area contributed by atoms with Gasteiger partial charge < -0.3 is 0 Å². The fourth-order valence-electron chi connectivity index (χ4n) is 2.96. The summed E-state index contributed by atoms with van der Waals surface area (Å²) >= 11 is 0. The van der Waals surface area contributed by atoms with E-state index in [0.29, 0.717) is 17.8 Å². The largest absolute Gasteiger partial charge is 0.284 e. The summed E-state index contributed by atoms with van der Waals surface area (Å²) in [7, 11) is -6.87. The Labute approximate surface area is 166 Å². The van der Waals surface area contributed by atoms with Crippen molar-refractivity contribution in [2.75, 3.05) is 16.2 Å². The highest BCUT2D eigenvalue weighted by Crippen LogP contribution is 2.35. The molecule has 1 aliphatic heterocycles. The lowest BCUT2D eigenvalue weighted by Crippen LogP contribution is -2.28. The molecule has 0 saturated heterocycles. The Hall–Kier alpha value is -2.39. The Morgan fingerprint density at radius 3 is 2.18 bits per heavy atom. The monoisotopic (exact) mass is 421 g/mol. The van der Waals surface area contributed by atoms with Gasteiger partial charge in [0, 0.05) is 12.1 Å². The van der Waals surface area contributed by atoms with Crippen LogP contribution in [0.25, 0.3) is 0 Å². The Balaban J connectivity index is 1.91. The van der Waals surface area contributed by atoms with Crippen molar-refractivity contribution in [2.45, 2.75) is 26.3 Å². The van der Waals surface area contributed by atoms with Crippen LogP contribution >= 0.6 is 0 Å². The average molecular weight is 422 g/mol. The van der Waals surface area contributed by atoms with E-state index in [1.54, 1.807) is 38.1 Å². The van der Waals surface area contributed by atoms with Crippen molar-refractivity contribution in [2.24, 2.45) is 5.10 Å². The van der Waals surface area contributed by atoms with E-state index in [1.807, 2.05) is 30.3 Å². The van der Waals surface area contributed by atoms with Crippen LogP contribution in [0.5, 0.6) is 0 Å². The van der Waals surface area contributed by atoms with Gasteiger partial charge in [0.25, 0.3) is 0 Å². The summed E-state index contributed by atoms with van der Waals surface area (Å²) in [5, 5.41) is 4.40. The van der Waals surface area contributed by atoms with Gasteiger partial charge in [-0.15, -0.1) is 0 Å². The molecule has 0 saturated carbocycles. The minimum Gasteiger partial charge on any atom is -0.284 e. The first-order chi connectivity index (χ1) is 13.3. The molecule has 0 bridgehead atoms. The quantitative estimate of drug-likeness (QED) is 0.743. The maximum absolute atomic E-state index is 12.5. The Kier molecular flexibility index (Phi) is 5.76. The summed E-state index contributed by atoms with van der Waals surface area (Å²) < 4.78 is 52.2. The SMILES string of the molecule is CCS(=O)(=O)Nc1ccc(C2=NN(S(=O)(=O)CC)[C@@H](c3ccccc3)C2)cc1. The molecule has 1 N–H and O–H groups in total. The first-order valence-electron chi connectivity index (χ1n) is 9.01. The van der Waals surface area contributed by atoms with Crippen molar-refractivity contribution in [1.29, 1.82) is 0 Å². The molecular weight excluding hydrogens is 398 g/mol. The minimum absolute atomic E-state index is 0.00987. The summed E-state index contributed by atoms with van der Waals surface area (Å²) in [4.78, 5) is 0. The number of benzene rings is 2. The van der Waals surface area contributed by atoms with Gasteiger partial charge in [-0.05, 0) is 37.1 Å². The van der Waals surface area contributed by atoms with E-state index in [0.717, 1.165) is 11.1 Å². The number of nitrogens with one attached hydrogen (secondary N) is 1. The zero-order valence-corrected chi connectivity index (χ0v) is 17.4. The molecule has 0 spiro atoms. The van der Waals surface area contributed by atoms with Gasteiger partial charge in [-0.2, -0.15) is 9.52 Å². The lowest BCUT2D eigenvalue weighted by Gasteiger charge is -2.22. The van der Waals surface area contributed by atoms with Gasteiger partial charge in [-0.25, -0.2) is 16.8 Å². The van der Waals surface area contributed by atoms with Crippen LogP contribution in [0.3, 0.4) is 0 Å². The van der Waals surface area contributed by atoms with E-state index in [2.05, 4.69) is 9.82 Å². The zero-order valence-electron chi connectivity index (χ0n) is 15.7. The van der Waals surface area contributed by atoms with E-state index in [-0.39, 0.29) is 17.5 Å². The number of sulfonamides is 2. The standard InChI is InChI=1S/C19H23N3O4S2/c1-3-27(23,24)21-17-12-10-15(11-13-17)18-14-19(16-8-6-5-7-9-16)22(20-18)28(25,26)4-2/h5-13,19,21H,3-4,14H2,1-2H3/t19-/m1/s1. The first kappa shape index (κ1) is 20.3. The predicted octanol–water partition coefficient (Wildman–Crippen LogP) is 2.95. The van der Waals surface area contributed by atoms with Crippen LogP contribution in [0, 0.1) is 0 Å². The van der Waals surface area contributed by atoms with Crippen molar-refractivity contribution in [3.8, 4) is 0 Å². The fraction of sp³-hybridized carbons (Fsp3) is 0.316. The summed E-state index contributed by atoms with van der Waals surface area (Å²) in [5.74, 6) is -0.0467. The van der Waals surface area contributed by atoms with Gasteiger partial charge in [0.05, 0.1) is 23.3 Å². The third-order valence-electron chi connectivity index (χ3n) is 4.58. The molecule has 3 rings (SSSR count). The lowest BCUT2D eigenvalue weighted by molar-refractivity contribution is 0.372. The highest BCUT2D eigenvalue weighted by molar-refractivity contribution is 7.92. The van der Waals surface area contributed by atoms with Gasteiger partial charge in [0.1, 0.15) is 0 Å². The molecule has 1 heterocycles. The van der Waals surface area contributed by atoms with Crippen molar-refractivity contribution in [3.63, 3.8) is 0 Å². The molecule has 7 nitrogen and oxygen atoms in total. The van der Waals surface area contributed by atoms with Crippen LogP contribution in [0.1, 0.15) is 37.4 Å². The van der Waals surface area contributed by atoms with Gasteiger partial charge in [0.15, 0.2) is 0 Å². The summed E-state index contributed by atoms with van der Waals surface area (Å²) in [5.41, 5.74) is 2.75. The summed E-state index contributed by atoms with van der Waals surface area (Å²) in [6.45, 7) is 3.16.